The van der Waals surface area contributed by atoms with Crippen molar-refractivity contribution in [2.45, 2.75) is 0 Å². The van der Waals surface area contributed by atoms with Crippen LogP contribution in [0.3, 0.4) is 0 Å². The minimum absolute atomic E-state index is 1.18. The third-order valence-corrected chi connectivity index (χ3v) is 10.7. The highest BCUT2D eigenvalue weighted by Gasteiger charge is 2.20. The molecule has 0 atom stereocenters. The van der Waals surface area contributed by atoms with Crippen molar-refractivity contribution in [3.8, 4) is 33.4 Å². The SMILES string of the molecule is C(=C\c1ccc(-c2c3ccccc3c(-c3cc4ccccc4c4ccccc34)c3ccccc23)c2ccccc12)/c1ccc(-c2ccccc2)cc1. The molecule has 0 aliphatic rings. The molecule has 0 bridgehead atoms. The summed E-state index contributed by atoms with van der Waals surface area (Å²) in [7, 11) is 0. The van der Waals surface area contributed by atoms with Crippen molar-refractivity contribution in [2.75, 3.05) is 0 Å². The Hall–Kier alpha value is -6.76. The van der Waals surface area contributed by atoms with Crippen molar-refractivity contribution in [1.29, 1.82) is 0 Å². The molecule has 0 saturated carbocycles. The second kappa shape index (κ2) is 12.5. The first kappa shape index (κ1) is 30.1. The van der Waals surface area contributed by atoms with Gasteiger partial charge in [-0.15, -0.1) is 0 Å². The van der Waals surface area contributed by atoms with Crippen molar-refractivity contribution in [3.05, 3.63) is 205 Å². The molecule has 10 aromatic rings. The molecular weight excluding hydrogens is 625 g/mol. The monoisotopic (exact) mass is 658 g/mol. The zero-order valence-corrected chi connectivity index (χ0v) is 28.6. The van der Waals surface area contributed by atoms with Crippen LogP contribution in [0.2, 0.25) is 0 Å². The molecule has 10 aromatic carbocycles. The van der Waals surface area contributed by atoms with E-state index in [0.29, 0.717) is 0 Å². The Morgan fingerprint density at radius 3 is 1.37 bits per heavy atom. The van der Waals surface area contributed by atoms with Gasteiger partial charge in [-0.1, -0.05) is 200 Å². The number of fused-ring (bicyclic) bond motifs is 6. The van der Waals surface area contributed by atoms with Crippen molar-refractivity contribution in [2.24, 2.45) is 0 Å². The minimum atomic E-state index is 1.18. The van der Waals surface area contributed by atoms with E-state index in [0.717, 1.165) is 0 Å². The molecule has 0 radical (unpaired) electrons. The molecule has 52 heavy (non-hydrogen) atoms. The minimum Gasteiger partial charge on any atom is -0.0622 e. The van der Waals surface area contributed by atoms with E-state index in [1.165, 1.54) is 98.4 Å². The molecule has 0 heteroatoms. The third kappa shape index (κ3) is 5.00. The summed E-state index contributed by atoms with van der Waals surface area (Å²) in [4.78, 5) is 0. The maximum absolute atomic E-state index is 2.40. The van der Waals surface area contributed by atoms with Crippen LogP contribution in [0.25, 0.3) is 99.4 Å². The summed E-state index contributed by atoms with van der Waals surface area (Å²) in [5, 5.41) is 12.7. The van der Waals surface area contributed by atoms with Crippen LogP contribution in [-0.2, 0) is 0 Å². The molecule has 0 aliphatic carbocycles. The fourth-order valence-electron chi connectivity index (χ4n) is 8.26. The van der Waals surface area contributed by atoms with E-state index in [9.17, 15) is 0 Å². The van der Waals surface area contributed by atoms with Gasteiger partial charge in [0.1, 0.15) is 0 Å². The van der Waals surface area contributed by atoms with Crippen molar-refractivity contribution in [1.82, 2.24) is 0 Å². The van der Waals surface area contributed by atoms with Gasteiger partial charge >= 0.3 is 0 Å². The van der Waals surface area contributed by atoms with Gasteiger partial charge in [0.05, 0.1) is 0 Å². The van der Waals surface area contributed by atoms with E-state index in [1.807, 2.05) is 0 Å². The Morgan fingerprint density at radius 2 is 0.731 bits per heavy atom. The van der Waals surface area contributed by atoms with Gasteiger partial charge in [0.15, 0.2) is 0 Å². The summed E-state index contributed by atoms with van der Waals surface area (Å²) in [6.07, 6.45) is 4.48. The lowest BCUT2D eigenvalue weighted by atomic mass is 9.82. The summed E-state index contributed by atoms with van der Waals surface area (Å²) in [6.45, 7) is 0. The van der Waals surface area contributed by atoms with E-state index >= 15 is 0 Å². The normalized spacial score (nSPS) is 11.8. The molecule has 0 fully saturated rings. The quantitative estimate of drug-likeness (QED) is 0.0981. The van der Waals surface area contributed by atoms with E-state index < -0.39 is 0 Å². The van der Waals surface area contributed by atoms with E-state index in [1.54, 1.807) is 0 Å². The van der Waals surface area contributed by atoms with E-state index in [-0.39, 0.29) is 0 Å². The predicted octanol–water partition coefficient (Wildman–Crippen LogP) is 14.6. The van der Waals surface area contributed by atoms with Gasteiger partial charge in [0, 0.05) is 0 Å². The first-order valence-electron chi connectivity index (χ1n) is 18.0. The summed E-state index contributed by atoms with van der Waals surface area (Å²) >= 11 is 0. The Bertz CT molecular complexity index is 2930. The highest BCUT2D eigenvalue weighted by atomic mass is 14.2. The summed E-state index contributed by atoms with van der Waals surface area (Å²) in [5.74, 6) is 0. The molecule has 0 saturated heterocycles. The van der Waals surface area contributed by atoms with E-state index in [2.05, 4.69) is 206 Å². The molecule has 0 amide bonds. The van der Waals surface area contributed by atoms with Gasteiger partial charge in [-0.3, -0.25) is 0 Å². The van der Waals surface area contributed by atoms with Crippen LogP contribution in [0.5, 0.6) is 0 Å². The number of benzene rings is 10. The Labute approximate surface area is 303 Å². The lowest BCUT2D eigenvalue weighted by Gasteiger charge is -2.20. The number of rotatable bonds is 5. The third-order valence-electron chi connectivity index (χ3n) is 10.7. The molecule has 0 spiro atoms. The highest BCUT2D eigenvalue weighted by molar-refractivity contribution is 6.27. The molecule has 0 aliphatic heterocycles. The molecule has 10 rings (SSSR count). The van der Waals surface area contributed by atoms with Crippen molar-refractivity contribution < 1.29 is 0 Å². The van der Waals surface area contributed by atoms with Crippen molar-refractivity contribution in [3.63, 3.8) is 0 Å². The van der Waals surface area contributed by atoms with Crippen LogP contribution < -0.4 is 0 Å². The zero-order chi connectivity index (χ0) is 34.4. The topological polar surface area (TPSA) is 0 Å². The molecule has 0 unspecified atom stereocenters. The summed E-state index contributed by atoms with van der Waals surface area (Å²) < 4.78 is 0. The fraction of sp³-hybridized carbons (Fsp3) is 0. The second-order valence-corrected chi connectivity index (χ2v) is 13.6. The average molecular weight is 659 g/mol. The van der Waals surface area contributed by atoms with Gasteiger partial charge in [-0.2, -0.15) is 0 Å². The lowest BCUT2D eigenvalue weighted by Crippen LogP contribution is -1.93. The molecular formula is C52H34. The maximum atomic E-state index is 2.40. The first-order chi connectivity index (χ1) is 25.8. The molecule has 0 N–H and O–H groups in total. The van der Waals surface area contributed by atoms with Crippen LogP contribution in [0.4, 0.5) is 0 Å². The standard InChI is InChI=1S/C52H34/c1-2-14-36(15-3-1)37-29-26-35(27-30-37)28-31-38-32-33-49(43-20-7-6-17-40(38)43)51-45-22-10-12-24-47(45)52(48-25-13-11-23-46(48)51)50-34-39-16-4-5-18-41(39)42-19-8-9-21-44(42)50/h1-34H/b31-28+. The van der Waals surface area contributed by atoms with Crippen LogP contribution in [0.1, 0.15) is 11.1 Å². The molecule has 0 aromatic heterocycles. The van der Waals surface area contributed by atoms with Gasteiger partial charge in [-0.25, -0.2) is 0 Å². The molecule has 242 valence electrons. The highest BCUT2D eigenvalue weighted by Crippen LogP contribution is 2.47. The Kier molecular flexibility index (Phi) is 7.25. The largest absolute Gasteiger partial charge is 0.0622 e. The zero-order valence-electron chi connectivity index (χ0n) is 28.6. The maximum Gasteiger partial charge on any atom is -0.00199 e. The van der Waals surface area contributed by atoms with Gasteiger partial charge in [0.2, 0.25) is 0 Å². The van der Waals surface area contributed by atoms with Crippen LogP contribution in [0, 0.1) is 0 Å². The predicted molar refractivity (Wildman–Crippen MR) is 226 cm³/mol. The van der Waals surface area contributed by atoms with Gasteiger partial charge in [-0.05, 0) is 104 Å². The smallest absolute Gasteiger partial charge is 0.00199 e. The van der Waals surface area contributed by atoms with Crippen LogP contribution in [0.15, 0.2) is 194 Å². The summed E-state index contributed by atoms with van der Waals surface area (Å²) in [6, 6.07) is 70.9. The fourth-order valence-corrected chi connectivity index (χ4v) is 8.26. The molecule has 0 heterocycles. The Balaban J connectivity index is 1.17. The lowest BCUT2D eigenvalue weighted by molar-refractivity contribution is 1.60. The Morgan fingerprint density at radius 1 is 0.269 bits per heavy atom. The first-order valence-corrected chi connectivity index (χ1v) is 18.0. The van der Waals surface area contributed by atoms with Crippen LogP contribution in [-0.4, -0.2) is 0 Å². The average Bonchev–Trinajstić information content (AvgIpc) is 3.22. The van der Waals surface area contributed by atoms with Crippen molar-refractivity contribution >= 4 is 66.0 Å². The van der Waals surface area contributed by atoms with Gasteiger partial charge < -0.3 is 0 Å². The van der Waals surface area contributed by atoms with Gasteiger partial charge in [0.25, 0.3) is 0 Å². The summed E-state index contributed by atoms with van der Waals surface area (Å²) in [5.41, 5.74) is 9.95. The number of hydrogen-bond donors (Lipinski definition) is 0. The molecule has 0 nitrogen and oxygen atoms in total. The van der Waals surface area contributed by atoms with Crippen LogP contribution >= 0.6 is 0 Å². The van der Waals surface area contributed by atoms with E-state index in [4.69, 9.17) is 0 Å². The number of hydrogen-bond acceptors (Lipinski definition) is 0. The second-order valence-electron chi connectivity index (χ2n) is 13.6.